The minimum Gasteiger partial charge on any atom is -0.456 e. The summed E-state index contributed by atoms with van der Waals surface area (Å²) in [7, 11) is 0. The number of nitrogens with zero attached hydrogens (tertiary/aromatic N) is 3. The summed E-state index contributed by atoms with van der Waals surface area (Å²) >= 11 is 0. The summed E-state index contributed by atoms with van der Waals surface area (Å²) in [6.07, 6.45) is 1.41. The van der Waals surface area contributed by atoms with Gasteiger partial charge in [-0.05, 0) is 80.7 Å². The topological polar surface area (TPSA) is 75.9 Å². The Morgan fingerprint density at radius 3 is 2.17 bits per heavy atom. The fraction of sp³-hybridized carbons (Fsp3) is 0.0217. The van der Waals surface area contributed by atoms with Gasteiger partial charge in [0.2, 0.25) is 5.71 Å². The summed E-state index contributed by atoms with van der Waals surface area (Å²) in [4.78, 5) is 15.0. The van der Waals surface area contributed by atoms with Crippen LogP contribution in [0, 0.1) is 0 Å². The van der Waals surface area contributed by atoms with Crippen LogP contribution in [-0.2, 0) is 0 Å². The highest BCUT2D eigenvalue weighted by atomic mass is 16.3. The van der Waals surface area contributed by atoms with E-state index in [1.807, 2.05) is 48.5 Å². The van der Waals surface area contributed by atoms with Crippen LogP contribution in [-0.4, -0.2) is 16.7 Å². The Hall–Kier alpha value is -7.05. The first-order valence-corrected chi connectivity index (χ1v) is 17.4. The molecule has 0 amide bonds. The average Bonchev–Trinajstić information content (AvgIpc) is 3.79. The van der Waals surface area contributed by atoms with Crippen molar-refractivity contribution in [3.63, 3.8) is 0 Å². The van der Waals surface area contributed by atoms with Crippen molar-refractivity contribution in [2.24, 2.45) is 9.98 Å². The van der Waals surface area contributed by atoms with E-state index in [0.717, 1.165) is 82.7 Å². The van der Waals surface area contributed by atoms with E-state index in [0.29, 0.717) is 11.5 Å². The van der Waals surface area contributed by atoms with Crippen LogP contribution in [0.2, 0.25) is 0 Å². The number of nitrogens with one attached hydrogen (secondary N) is 1. The highest BCUT2D eigenvalue weighted by Crippen LogP contribution is 2.39. The number of aliphatic imine (C=N–C) groups is 2. The standard InChI is InChI=1S/C46H28N4O2/c1-2-10-28-25-30(21-20-27(28)9-1)43-48-44(50-45(49-43)36-15-7-18-39-42(36)35-12-3-4-17-38(35)51-39)31-22-23-32-29(26-31)11-5-13-33(32)34-14-6-19-40-41(34)37-16-8-24-47-46(37)52-40/h1-26,43H,(H,48,49,50). The monoisotopic (exact) mass is 668 g/mol. The lowest BCUT2D eigenvalue weighted by atomic mass is 9.94. The highest BCUT2D eigenvalue weighted by molar-refractivity contribution is 6.22. The molecule has 1 aliphatic heterocycles. The molecule has 0 saturated carbocycles. The largest absolute Gasteiger partial charge is 0.456 e. The van der Waals surface area contributed by atoms with E-state index in [1.165, 1.54) is 10.8 Å². The molecule has 1 atom stereocenters. The van der Waals surface area contributed by atoms with Crippen molar-refractivity contribution in [3.05, 3.63) is 175 Å². The molecule has 6 nitrogen and oxygen atoms in total. The SMILES string of the molecule is c1ccc2cc(C3N=C(c4cccc5oc6ccccc6c45)N=C(c4ccc5c(-c6cccc7oc8ncccc8c67)cccc5c4)N3)ccc2c1. The molecule has 3 aromatic heterocycles. The first-order chi connectivity index (χ1) is 25.7. The van der Waals surface area contributed by atoms with Gasteiger partial charge in [-0.25, -0.2) is 15.0 Å². The second kappa shape index (κ2) is 11.2. The minimum absolute atomic E-state index is 0.358. The zero-order valence-corrected chi connectivity index (χ0v) is 27.7. The minimum atomic E-state index is -0.358. The van der Waals surface area contributed by atoms with Crippen LogP contribution in [0.1, 0.15) is 22.9 Å². The number of fused-ring (bicyclic) bond motifs is 8. The Morgan fingerprint density at radius 1 is 0.500 bits per heavy atom. The number of furan rings is 2. The van der Waals surface area contributed by atoms with Gasteiger partial charge in [-0.1, -0.05) is 109 Å². The van der Waals surface area contributed by atoms with Gasteiger partial charge < -0.3 is 14.2 Å². The molecule has 1 N–H and O–H groups in total. The number of hydrogen-bond acceptors (Lipinski definition) is 6. The van der Waals surface area contributed by atoms with Gasteiger partial charge in [0.25, 0.3) is 0 Å². The molecule has 0 radical (unpaired) electrons. The summed E-state index contributed by atoms with van der Waals surface area (Å²) in [6.45, 7) is 0. The fourth-order valence-electron chi connectivity index (χ4n) is 7.78. The van der Waals surface area contributed by atoms with Crippen LogP contribution in [0.25, 0.3) is 76.7 Å². The third-order valence-electron chi connectivity index (χ3n) is 10.2. The molecule has 1 aliphatic rings. The van der Waals surface area contributed by atoms with Crippen molar-refractivity contribution < 1.29 is 8.83 Å². The Labute approximate surface area is 297 Å². The molecule has 0 aliphatic carbocycles. The van der Waals surface area contributed by atoms with Gasteiger partial charge in [0.1, 0.15) is 28.8 Å². The Bertz CT molecular complexity index is 3130. The van der Waals surface area contributed by atoms with E-state index in [2.05, 4.69) is 113 Å². The Kier molecular flexibility index (Phi) is 6.21. The molecule has 0 fully saturated rings. The number of hydrogen-bond donors (Lipinski definition) is 1. The molecule has 1 unspecified atom stereocenters. The third kappa shape index (κ3) is 4.48. The normalized spacial score (nSPS) is 14.7. The van der Waals surface area contributed by atoms with Crippen molar-refractivity contribution >= 4 is 77.2 Å². The van der Waals surface area contributed by atoms with Crippen LogP contribution in [0.15, 0.2) is 177 Å². The van der Waals surface area contributed by atoms with E-state index in [4.69, 9.17) is 18.8 Å². The lowest BCUT2D eigenvalue weighted by molar-refractivity contribution is 0.654. The van der Waals surface area contributed by atoms with Crippen molar-refractivity contribution in [1.29, 1.82) is 0 Å². The predicted molar refractivity (Wildman–Crippen MR) is 211 cm³/mol. The lowest BCUT2D eigenvalue weighted by Crippen LogP contribution is -2.33. The summed E-state index contributed by atoms with van der Waals surface area (Å²) < 4.78 is 12.4. The molecular formula is C46H28N4O2. The van der Waals surface area contributed by atoms with E-state index >= 15 is 0 Å². The summed E-state index contributed by atoms with van der Waals surface area (Å²) in [6, 6.07) is 52.5. The van der Waals surface area contributed by atoms with E-state index in [9.17, 15) is 0 Å². The van der Waals surface area contributed by atoms with Crippen molar-refractivity contribution in [2.75, 3.05) is 0 Å². The molecule has 52 heavy (non-hydrogen) atoms. The zero-order valence-electron chi connectivity index (χ0n) is 27.7. The Morgan fingerprint density at radius 2 is 1.23 bits per heavy atom. The van der Waals surface area contributed by atoms with Gasteiger partial charge in [0.05, 0.1) is 0 Å². The van der Waals surface area contributed by atoms with Crippen LogP contribution in [0.5, 0.6) is 0 Å². The third-order valence-corrected chi connectivity index (χ3v) is 10.2. The smallest absolute Gasteiger partial charge is 0.227 e. The van der Waals surface area contributed by atoms with Gasteiger partial charge in [0, 0.05) is 38.9 Å². The van der Waals surface area contributed by atoms with Gasteiger partial charge in [0.15, 0.2) is 5.84 Å². The number of para-hydroxylation sites is 1. The molecule has 0 spiro atoms. The molecule has 10 aromatic rings. The van der Waals surface area contributed by atoms with Crippen LogP contribution in [0.4, 0.5) is 0 Å². The maximum atomic E-state index is 6.27. The van der Waals surface area contributed by atoms with E-state index in [-0.39, 0.29) is 6.17 Å². The first-order valence-electron chi connectivity index (χ1n) is 17.4. The number of pyridine rings is 1. The number of rotatable bonds is 4. The second-order valence-corrected chi connectivity index (χ2v) is 13.2. The van der Waals surface area contributed by atoms with Crippen LogP contribution >= 0.6 is 0 Å². The number of aromatic nitrogens is 1. The molecule has 4 heterocycles. The number of benzene rings is 7. The quantitative estimate of drug-likeness (QED) is 0.202. The van der Waals surface area contributed by atoms with Crippen molar-refractivity contribution in [2.45, 2.75) is 6.17 Å². The van der Waals surface area contributed by atoms with E-state index < -0.39 is 0 Å². The lowest BCUT2D eigenvalue weighted by Gasteiger charge is -2.24. The summed E-state index contributed by atoms with van der Waals surface area (Å²) in [5.74, 6) is 1.42. The van der Waals surface area contributed by atoms with Gasteiger partial charge >= 0.3 is 0 Å². The molecule has 0 bridgehead atoms. The van der Waals surface area contributed by atoms with Crippen LogP contribution in [0.3, 0.4) is 0 Å². The number of amidine groups is 2. The highest BCUT2D eigenvalue weighted by Gasteiger charge is 2.24. The maximum absolute atomic E-state index is 6.27. The van der Waals surface area contributed by atoms with Gasteiger partial charge in [-0.2, -0.15) is 0 Å². The molecule has 244 valence electrons. The zero-order chi connectivity index (χ0) is 34.2. The maximum Gasteiger partial charge on any atom is 0.227 e. The average molecular weight is 669 g/mol. The van der Waals surface area contributed by atoms with Crippen molar-refractivity contribution in [1.82, 2.24) is 10.3 Å². The summed E-state index contributed by atoms with van der Waals surface area (Å²) in [5.41, 5.74) is 8.35. The van der Waals surface area contributed by atoms with Crippen LogP contribution < -0.4 is 5.32 Å². The second-order valence-electron chi connectivity index (χ2n) is 13.2. The van der Waals surface area contributed by atoms with E-state index in [1.54, 1.807) is 6.20 Å². The Balaban J connectivity index is 1.08. The van der Waals surface area contributed by atoms with Crippen molar-refractivity contribution in [3.8, 4) is 11.1 Å². The summed E-state index contributed by atoms with van der Waals surface area (Å²) in [5, 5.41) is 12.4. The predicted octanol–water partition coefficient (Wildman–Crippen LogP) is 11.3. The molecule has 0 saturated heterocycles. The first kappa shape index (κ1) is 28.8. The molecular weight excluding hydrogens is 641 g/mol. The fourth-order valence-corrected chi connectivity index (χ4v) is 7.78. The van der Waals surface area contributed by atoms with Gasteiger partial charge in [-0.15, -0.1) is 0 Å². The van der Waals surface area contributed by atoms with Gasteiger partial charge in [-0.3, -0.25) is 0 Å². The molecule has 6 heteroatoms. The molecule has 11 rings (SSSR count). The molecule has 7 aromatic carbocycles.